The molecule has 112 valence electrons. The Morgan fingerprint density at radius 2 is 1.95 bits per heavy atom. The molecule has 1 aromatic rings. The second-order valence-corrected chi connectivity index (χ2v) is 6.10. The molecule has 0 aromatic heterocycles. The molecule has 1 aliphatic rings. The van der Waals surface area contributed by atoms with Crippen molar-refractivity contribution in [1.82, 2.24) is 4.90 Å². The van der Waals surface area contributed by atoms with Gasteiger partial charge in [-0.15, -0.1) is 0 Å². The van der Waals surface area contributed by atoms with Gasteiger partial charge in [-0.1, -0.05) is 50.8 Å². The fraction of sp³-hybridized carbons (Fsp3) is 0.444. The third kappa shape index (κ3) is 3.81. The van der Waals surface area contributed by atoms with Crippen molar-refractivity contribution in [2.24, 2.45) is 11.8 Å². The molecule has 3 heteroatoms. The van der Waals surface area contributed by atoms with Gasteiger partial charge in [-0.3, -0.25) is 9.59 Å². The number of ketones is 1. The van der Waals surface area contributed by atoms with Gasteiger partial charge in [-0.2, -0.15) is 0 Å². The Balaban J connectivity index is 1.90. The zero-order chi connectivity index (χ0) is 15.4. The summed E-state index contributed by atoms with van der Waals surface area (Å²) in [5.74, 6) is 0.618. The Hall–Kier alpha value is -1.90. The van der Waals surface area contributed by atoms with Crippen molar-refractivity contribution in [3.05, 3.63) is 48.0 Å². The Labute approximate surface area is 126 Å². The molecule has 1 heterocycles. The molecule has 0 bridgehead atoms. The number of benzene rings is 1. The summed E-state index contributed by atoms with van der Waals surface area (Å²) >= 11 is 0. The maximum absolute atomic E-state index is 12.3. The van der Waals surface area contributed by atoms with E-state index >= 15 is 0 Å². The maximum atomic E-state index is 12.3. The van der Waals surface area contributed by atoms with Crippen LogP contribution >= 0.6 is 0 Å². The molecule has 1 unspecified atom stereocenters. The Morgan fingerprint density at radius 3 is 2.57 bits per heavy atom. The number of carbonyl (C=O) groups is 2. The van der Waals surface area contributed by atoms with E-state index in [9.17, 15) is 9.59 Å². The van der Waals surface area contributed by atoms with Crippen LogP contribution in [0.4, 0.5) is 0 Å². The zero-order valence-electron chi connectivity index (χ0n) is 12.8. The average Bonchev–Trinajstić information content (AvgIpc) is 2.94. The van der Waals surface area contributed by atoms with Crippen LogP contribution in [0.1, 0.15) is 37.0 Å². The van der Waals surface area contributed by atoms with Crippen LogP contribution in [-0.4, -0.2) is 29.7 Å². The fourth-order valence-corrected chi connectivity index (χ4v) is 2.80. The van der Waals surface area contributed by atoms with Crippen LogP contribution in [0.25, 0.3) is 0 Å². The summed E-state index contributed by atoms with van der Waals surface area (Å²) in [7, 11) is 0. The molecular formula is C18H23NO2. The topological polar surface area (TPSA) is 37.4 Å². The standard InChI is InChI=1S/C18H23NO2/c1-13(2)18(21)19-10-9-15(12-19)11-14(3)17(20)16-7-5-4-6-8-16/h4-8,13,15H,3,9-12H2,1-2H3. The summed E-state index contributed by atoms with van der Waals surface area (Å²) < 4.78 is 0. The number of hydrogen-bond donors (Lipinski definition) is 0. The minimum absolute atomic E-state index is 0.0178. The second kappa shape index (κ2) is 6.70. The molecule has 1 fully saturated rings. The van der Waals surface area contributed by atoms with Crippen LogP contribution in [0.3, 0.4) is 0 Å². The molecule has 0 N–H and O–H groups in total. The van der Waals surface area contributed by atoms with Gasteiger partial charge in [0.1, 0.15) is 0 Å². The van der Waals surface area contributed by atoms with Crippen molar-refractivity contribution < 1.29 is 9.59 Å². The highest BCUT2D eigenvalue weighted by Crippen LogP contribution is 2.25. The van der Waals surface area contributed by atoms with E-state index < -0.39 is 0 Å². The first-order valence-electron chi connectivity index (χ1n) is 7.55. The van der Waals surface area contributed by atoms with Crippen molar-refractivity contribution in [3.63, 3.8) is 0 Å². The Kier molecular flexibility index (Phi) is 4.94. The van der Waals surface area contributed by atoms with E-state index in [1.807, 2.05) is 49.1 Å². The molecule has 0 aliphatic carbocycles. The summed E-state index contributed by atoms with van der Waals surface area (Å²) in [5, 5.41) is 0. The quantitative estimate of drug-likeness (QED) is 0.615. The van der Waals surface area contributed by atoms with E-state index in [1.54, 1.807) is 0 Å². The maximum Gasteiger partial charge on any atom is 0.225 e. The molecule has 0 spiro atoms. The monoisotopic (exact) mass is 285 g/mol. The first-order chi connectivity index (χ1) is 9.99. The van der Waals surface area contributed by atoms with Gasteiger partial charge in [-0.25, -0.2) is 0 Å². The highest BCUT2D eigenvalue weighted by atomic mass is 16.2. The fourth-order valence-electron chi connectivity index (χ4n) is 2.80. The van der Waals surface area contributed by atoms with Crippen molar-refractivity contribution in [2.45, 2.75) is 26.7 Å². The molecule has 1 aliphatic heterocycles. The van der Waals surface area contributed by atoms with Gasteiger partial charge in [0.05, 0.1) is 0 Å². The van der Waals surface area contributed by atoms with E-state index in [0.717, 1.165) is 19.5 Å². The number of Topliss-reactive ketones (excluding diaryl/α,β-unsaturated/α-hetero) is 1. The number of likely N-dealkylation sites (tertiary alicyclic amines) is 1. The third-order valence-corrected chi connectivity index (χ3v) is 3.98. The lowest BCUT2D eigenvalue weighted by atomic mass is 9.94. The highest BCUT2D eigenvalue weighted by molar-refractivity contribution is 6.08. The summed E-state index contributed by atoms with van der Waals surface area (Å²) in [5.41, 5.74) is 1.33. The predicted octanol–water partition coefficient (Wildman–Crippen LogP) is 3.32. The molecule has 21 heavy (non-hydrogen) atoms. The van der Waals surface area contributed by atoms with Crippen LogP contribution in [0, 0.1) is 11.8 Å². The van der Waals surface area contributed by atoms with Crippen LogP contribution in [-0.2, 0) is 4.79 Å². The smallest absolute Gasteiger partial charge is 0.225 e. The summed E-state index contributed by atoms with van der Waals surface area (Å²) in [4.78, 5) is 26.2. The van der Waals surface area contributed by atoms with Gasteiger partial charge in [-0.05, 0) is 24.3 Å². The average molecular weight is 285 g/mol. The number of nitrogens with zero attached hydrogens (tertiary/aromatic N) is 1. The minimum atomic E-state index is 0.0178. The van der Waals surface area contributed by atoms with E-state index in [0.29, 0.717) is 23.5 Å². The number of carbonyl (C=O) groups excluding carboxylic acids is 2. The van der Waals surface area contributed by atoms with Crippen LogP contribution < -0.4 is 0 Å². The van der Waals surface area contributed by atoms with E-state index in [2.05, 4.69) is 6.58 Å². The van der Waals surface area contributed by atoms with Gasteiger partial charge < -0.3 is 4.90 Å². The predicted molar refractivity (Wildman–Crippen MR) is 84.1 cm³/mol. The molecule has 2 rings (SSSR count). The molecule has 0 radical (unpaired) electrons. The first kappa shape index (κ1) is 15.5. The van der Waals surface area contributed by atoms with Crippen LogP contribution in [0.5, 0.6) is 0 Å². The lowest BCUT2D eigenvalue weighted by molar-refractivity contribution is -0.133. The van der Waals surface area contributed by atoms with Crippen molar-refractivity contribution >= 4 is 11.7 Å². The van der Waals surface area contributed by atoms with E-state index in [-0.39, 0.29) is 17.6 Å². The van der Waals surface area contributed by atoms with Crippen LogP contribution in [0.2, 0.25) is 0 Å². The molecule has 1 aromatic carbocycles. The number of amides is 1. The highest BCUT2D eigenvalue weighted by Gasteiger charge is 2.28. The van der Waals surface area contributed by atoms with Crippen molar-refractivity contribution in [1.29, 1.82) is 0 Å². The minimum Gasteiger partial charge on any atom is -0.342 e. The largest absolute Gasteiger partial charge is 0.342 e. The second-order valence-electron chi connectivity index (χ2n) is 6.10. The molecule has 0 saturated carbocycles. The molecule has 1 atom stereocenters. The summed E-state index contributed by atoms with van der Waals surface area (Å²) in [6, 6.07) is 9.25. The zero-order valence-corrected chi connectivity index (χ0v) is 12.8. The summed E-state index contributed by atoms with van der Waals surface area (Å²) in [6.45, 7) is 9.34. The lowest BCUT2D eigenvalue weighted by Crippen LogP contribution is -2.32. The van der Waals surface area contributed by atoms with Crippen molar-refractivity contribution in [3.8, 4) is 0 Å². The molecule has 3 nitrogen and oxygen atoms in total. The van der Waals surface area contributed by atoms with Gasteiger partial charge >= 0.3 is 0 Å². The third-order valence-electron chi connectivity index (χ3n) is 3.98. The Bertz CT molecular complexity index is 533. The normalized spacial score (nSPS) is 18.0. The van der Waals surface area contributed by atoms with Crippen molar-refractivity contribution in [2.75, 3.05) is 13.1 Å². The first-order valence-corrected chi connectivity index (χ1v) is 7.55. The SMILES string of the molecule is C=C(CC1CCN(C(=O)C(C)C)C1)C(=O)c1ccccc1. The lowest BCUT2D eigenvalue weighted by Gasteiger charge is -2.19. The van der Waals surface area contributed by atoms with Crippen LogP contribution in [0.15, 0.2) is 42.5 Å². The molecule has 1 amide bonds. The van der Waals surface area contributed by atoms with Gasteiger partial charge in [0.15, 0.2) is 5.78 Å². The number of rotatable bonds is 5. The number of allylic oxidation sites excluding steroid dienone is 1. The Morgan fingerprint density at radius 1 is 1.29 bits per heavy atom. The van der Waals surface area contributed by atoms with Gasteiger partial charge in [0, 0.05) is 24.6 Å². The molecule has 1 saturated heterocycles. The van der Waals surface area contributed by atoms with E-state index in [1.165, 1.54) is 0 Å². The summed E-state index contributed by atoms with van der Waals surface area (Å²) in [6.07, 6.45) is 1.63. The van der Waals surface area contributed by atoms with Gasteiger partial charge in [0.25, 0.3) is 0 Å². The number of hydrogen-bond acceptors (Lipinski definition) is 2. The molecular weight excluding hydrogens is 262 g/mol. The van der Waals surface area contributed by atoms with E-state index in [4.69, 9.17) is 0 Å². The van der Waals surface area contributed by atoms with Gasteiger partial charge in [0.2, 0.25) is 5.91 Å².